The van der Waals surface area contributed by atoms with Gasteiger partial charge in [0.1, 0.15) is 28.7 Å². The van der Waals surface area contributed by atoms with Crippen molar-refractivity contribution in [2.75, 3.05) is 6.61 Å². The number of rotatable bonds is 3. The van der Waals surface area contributed by atoms with E-state index in [0.717, 1.165) is 17.7 Å². The standard InChI is InChI=1S/C23H20ClFN6O/c1-12-9-28-21-20(17-4-3-16(24)8-18(17)25)30-22(31-23(21)29-12)14-5-6-32-19(7-14)15-10-26-13(2)27-11-15/h3-4,8-11,14,19H,5-7H2,1-2H3/t14-,19-/m1/s1. The van der Waals surface area contributed by atoms with Crippen molar-refractivity contribution in [2.45, 2.75) is 38.7 Å². The van der Waals surface area contributed by atoms with Crippen molar-refractivity contribution < 1.29 is 9.13 Å². The van der Waals surface area contributed by atoms with Gasteiger partial charge in [0.05, 0.1) is 11.8 Å². The highest BCUT2D eigenvalue weighted by Crippen LogP contribution is 2.37. The Hall–Kier alpha value is -3.10. The molecule has 4 heterocycles. The van der Waals surface area contributed by atoms with Crippen LogP contribution in [0.15, 0.2) is 36.8 Å². The van der Waals surface area contributed by atoms with Crippen LogP contribution < -0.4 is 0 Å². The van der Waals surface area contributed by atoms with E-state index in [1.807, 2.05) is 13.8 Å². The van der Waals surface area contributed by atoms with Gasteiger partial charge < -0.3 is 4.74 Å². The third kappa shape index (κ3) is 4.03. The Balaban J connectivity index is 1.58. The molecule has 162 valence electrons. The molecule has 32 heavy (non-hydrogen) atoms. The number of aryl methyl sites for hydroxylation is 2. The van der Waals surface area contributed by atoms with E-state index in [0.29, 0.717) is 52.1 Å². The molecule has 0 unspecified atom stereocenters. The minimum Gasteiger partial charge on any atom is -0.373 e. The number of benzene rings is 1. The van der Waals surface area contributed by atoms with Crippen molar-refractivity contribution in [1.82, 2.24) is 29.9 Å². The molecule has 4 aromatic rings. The Morgan fingerprint density at radius 1 is 1.03 bits per heavy atom. The third-order valence-electron chi connectivity index (χ3n) is 5.55. The van der Waals surface area contributed by atoms with Crippen molar-refractivity contribution in [3.05, 3.63) is 70.5 Å². The summed E-state index contributed by atoms with van der Waals surface area (Å²) in [6.45, 7) is 4.24. The first kappa shape index (κ1) is 20.8. The number of nitrogens with zero attached hydrogens (tertiary/aromatic N) is 6. The molecular weight excluding hydrogens is 431 g/mol. The minimum absolute atomic E-state index is 0.0101. The van der Waals surface area contributed by atoms with Crippen LogP contribution in [-0.4, -0.2) is 36.5 Å². The van der Waals surface area contributed by atoms with Crippen molar-refractivity contribution >= 4 is 22.8 Å². The van der Waals surface area contributed by atoms with E-state index in [2.05, 4.69) is 19.9 Å². The second-order valence-corrected chi connectivity index (χ2v) is 8.32. The first-order valence-corrected chi connectivity index (χ1v) is 10.7. The van der Waals surface area contributed by atoms with Gasteiger partial charge >= 0.3 is 0 Å². The SMILES string of the molecule is Cc1cnc2c(-c3ccc(Cl)cc3F)nc([C@@H]3CCO[C@@H](c4cnc(C)nc4)C3)nc2n1. The lowest BCUT2D eigenvalue weighted by Gasteiger charge is -2.29. The Morgan fingerprint density at radius 3 is 2.62 bits per heavy atom. The van der Waals surface area contributed by atoms with Crippen LogP contribution in [0.4, 0.5) is 4.39 Å². The molecule has 0 N–H and O–H groups in total. The summed E-state index contributed by atoms with van der Waals surface area (Å²) in [5, 5.41) is 0.319. The van der Waals surface area contributed by atoms with Crippen LogP contribution in [0.1, 0.15) is 47.8 Å². The van der Waals surface area contributed by atoms with Gasteiger partial charge in [-0.25, -0.2) is 34.3 Å². The number of halogens is 2. The highest BCUT2D eigenvalue weighted by Gasteiger charge is 2.29. The Morgan fingerprint density at radius 2 is 1.84 bits per heavy atom. The van der Waals surface area contributed by atoms with Gasteiger partial charge in [-0.2, -0.15) is 0 Å². The highest BCUT2D eigenvalue weighted by molar-refractivity contribution is 6.30. The molecule has 9 heteroatoms. The molecule has 2 atom stereocenters. The largest absolute Gasteiger partial charge is 0.373 e. The van der Waals surface area contributed by atoms with E-state index in [1.165, 1.54) is 6.07 Å². The third-order valence-corrected chi connectivity index (χ3v) is 5.79. The van der Waals surface area contributed by atoms with Crippen molar-refractivity contribution in [3.8, 4) is 11.3 Å². The molecule has 7 nitrogen and oxygen atoms in total. The van der Waals surface area contributed by atoms with Crippen LogP contribution in [0.2, 0.25) is 5.02 Å². The summed E-state index contributed by atoms with van der Waals surface area (Å²) in [5.41, 5.74) is 3.27. The van der Waals surface area contributed by atoms with Crippen molar-refractivity contribution in [2.24, 2.45) is 0 Å². The quantitative estimate of drug-likeness (QED) is 0.437. The first-order valence-electron chi connectivity index (χ1n) is 10.3. The summed E-state index contributed by atoms with van der Waals surface area (Å²) >= 11 is 5.96. The predicted molar refractivity (Wildman–Crippen MR) is 118 cm³/mol. The Bertz CT molecular complexity index is 1300. The second-order valence-electron chi connectivity index (χ2n) is 7.88. The maximum absolute atomic E-state index is 14.8. The predicted octanol–water partition coefficient (Wildman–Crippen LogP) is 4.92. The van der Waals surface area contributed by atoms with E-state index in [-0.39, 0.29) is 12.0 Å². The van der Waals surface area contributed by atoms with Gasteiger partial charge in [-0.05, 0) is 44.9 Å². The summed E-state index contributed by atoms with van der Waals surface area (Å²) in [4.78, 5) is 27.0. The van der Waals surface area contributed by atoms with Crippen LogP contribution in [-0.2, 0) is 4.74 Å². The lowest BCUT2D eigenvalue weighted by Crippen LogP contribution is -2.21. The first-order chi connectivity index (χ1) is 15.5. The number of hydrogen-bond acceptors (Lipinski definition) is 7. The van der Waals surface area contributed by atoms with E-state index in [4.69, 9.17) is 26.3 Å². The molecule has 1 saturated heterocycles. The van der Waals surface area contributed by atoms with Gasteiger partial charge in [0.25, 0.3) is 0 Å². The lowest BCUT2D eigenvalue weighted by atomic mass is 9.92. The molecule has 0 bridgehead atoms. The Labute approximate surface area is 189 Å². The number of aromatic nitrogens is 6. The fourth-order valence-electron chi connectivity index (χ4n) is 3.89. The molecule has 0 spiro atoms. The van der Waals surface area contributed by atoms with Gasteiger partial charge in [-0.3, -0.25) is 0 Å². The number of hydrogen-bond donors (Lipinski definition) is 0. The van der Waals surface area contributed by atoms with Crippen LogP contribution in [0, 0.1) is 19.7 Å². The van der Waals surface area contributed by atoms with Crippen molar-refractivity contribution in [3.63, 3.8) is 0 Å². The van der Waals surface area contributed by atoms with Gasteiger partial charge in [-0.1, -0.05) is 11.6 Å². The molecule has 1 aliphatic rings. The van der Waals surface area contributed by atoms with Gasteiger partial charge in [0.2, 0.25) is 0 Å². The molecule has 5 rings (SSSR count). The average molecular weight is 451 g/mol. The summed E-state index contributed by atoms with van der Waals surface area (Å²) < 4.78 is 20.8. The van der Waals surface area contributed by atoms with E-state index < -0.39 is 5.82 Å². The van der Waals surface area contributed by atoms with Crippen LogP contribution >= 0.6 is 11.6 Å². The molecule has 0 saturated carbocycles. The van der Waals surface area contributed by atoms with Gasteiger partial charge in [0, 0.05) is 47.3 Å². The summed E-state index contributed by atoms with van der Waals surface area (Å²) in [7, 11) is 0. The smallest absolute Gasteiger partial charge is 0.182 e. The topological polar surface area (TPSA) is 86.6 Å². The molecular formula is C23H20ClFN6O. The van der Waals surface area contributed by atoms with E-state index in [9.17, 15) is 4.39 Å². The average Bonchev–Trinajstić information content (AvgIpc) is 2.79. The zero-order valence-corrected chi connectivity index (χ0v) is 18.3. The van der Waals surface area contributed by atoms with Gasteiger partial charge in [0.15, 0.2) is 5.65 Å². The molecule has 1 aromatic carbocycles. The summed E-state index contributed by atoms with van der Waals surface area (Å²) in [6, 6.07) is 4.52. The summed E-state index contributed by atoms with van der Waals surface area (Å²) in [6.07, 6.45) is 6.47. The zero-order chi connectivity index (χ0) is 22.2. The summed E-state index contributed by atoms with van der Waals surface area (Å²) in [5.74, 6) is 0.856. The zero-order valence-electron chi connectivity index (χ0n) is 17.6. The highest BCUT2D eigenvalue weighted by atomic mass is 35.5. The number of ether oxygens (including phenoxy) is 1. The fourth-order valence-corrected chi connectivity index (χ4v) is 4.05. The fraction of sp³-hybridized carbons (Fsp3) is 0.304. The lowest BCUT2D eigenvalue weighted by molar-refractivity contribution is 0.00360. The monoisotopic (exact) mass is 450 g/mol. The number of fused-ring (bicyclic) bond motifs is 1. The molecule has 0 radical (unpaired) electrons. The molecule has 0 amide bonds. The molecule has 3 aromatic heterocycles. The Kier molecular flexibility index (Phi) is 5.48. The molecule has 0 aliphatic carbocycles. The van der Waals surface area contributed by atoms with E-state index in [1.54, 1.807) is 30.7 Å². The van der Waals surface area contributed by atoms with Crippen molar-refractivity contribution in [1.29, 1.82) is 0 Å². The minimum atomic E-state index is -0.465. The maximum atomic E-state index is 14.8. The maximum Gasteiger partial charge on any atom is 0.182 e. The normalized spacial score (nSPS) is 18.8. The van der Waals surface area contributed by atoms with Crippen LogP contribution in [0.3, 0.4) is 0 Å². The van der Waals surface area contributed by atoms with Crippen LogP contribution in [0.25, 0.3) is 22.4 Å². The molecule has 1 aliphatic heterocycles. The second kappa shape index (κ2) is 8.44. The van der Waals surface area contributed by atoms with Crippen LogP contribution in [0.5, 0.6) is 0 Å². The van der Waals surface area contributed by atoms with Gasteiger partial charge in [-0.15, -0.1) is 0 Å². The van der Waals surface area contributed by atoms with E-state index >= 15 is 0 Å². The molecule has 1 fully saturated rings.